The van der Waals surface area contributed by atoms with E-state index in [0.717, 1.165) is 35.7 Å². The van der Waals surface area contributed by atoms with E-state index in [1.807, 2.05) is 18.4 Å². The lowest BCUT2D eigenvalue weighted by molar-refractivity contribution is -0.137. The quantitative estimate of drug-likeness (QED) is 0.190. The van der Waals surface area contributed by atoms with Crippen molar-refractivity contribution in [3.05, 3.63) is 116 Å². The number of aromatic nitrogens is 2. The second kappa shape index (κ2) is 14.1. The van der Waals surface area contributed by atoms with Crippen molar-refractivity contribution in [1.82, 2.24) is 25.5 Å². The Balaban J connectivity index is 1.30. The van der Waals surface area contributed by atoms with E-state index in [1.54, 1.807) is 55.1 Å². The van der Waals surface area contributed by atoms with Crippen LogP contribution in [0.15, 0.2) is 72.1 Å². The van der Waals surface area contributed by atoms with Crippen molar-refractivity contribution in [3.63, 3.8) is 0 Å². The van der Waals surface area contributed by atoms with Crippen molar-refractivity contribution in [3.8, 4) is 0 Å². The van der Waals surface area contributed by atoms with E-state index >= 15 is 0 Å². The summed E-state index contributed by atoms with van der Waals surface area (Å²) in [7, 11) is 0. The minimum absolute atomic E-state index is 0.0499. The van der Waals surface area contributed by atoms with Crippen molar-refractivity contribution in [2.45, 2.75) is 70.6 Å². The molecule has 0 saturated carbocycles. The number of hydrogen-bond acceptors (Lipinski definition) is 7. The number of likely N-dealkylation sites (tertiary alicyclic amines) is 1. The minimum Gasteiger partial charge on any atom is -0.389 e. The zero-order valence-corrected chi connectivity index (χ0v) is 26.5. The van der Waals surface area contributed by atoms with Crippen LogP contribution >= 0.6 is 11.3 Å². The molecule has 1 fully saturated rings. The Kier molecular flexibility index (Phi) is 10.2. The van der Waals surface area contributed by atoms with E-state index in [0.29, 0.717) is 23.4 Å². The van der Waals surface area contributed by atoms with Crippen LogP contribution in [-0.2, 0) is 12.7 Å². The highest BCUT2D eigenvalue weighted by Crippen LogP contribution is 2.35. The molecule has 1 aliphatic heterocycles. The van der Waals surface area contributed by atoms with Crippen LogP contribution in [0, 0.1) is 13.8 Å². The Morgan fingerprint density at radius 1 is 1.04 bits per heavy atom. The van der Waals surface area contributed by atoms with E-state index in [-0.39, 0.29) is 29.8 Å². The molecule has 3 heterocycles. The minimum atomic E-state index is -4.47. The summed E-state index contributed by atoms with van der Waals surface area (Å²) in [5, 5.41) is 20.3. The molecule has 0 bridgehead atoms. The molecule has 1 aliphatic rings. The van der Waals surface area contributed by atoms with Gasteiger partial charge >= 0.3 is 6.18 Å². The van der Waals surface area contributed by atoms with Crippen LogP contribution in [0.5, 0.6) is 0 Å². The summed E-state index contributed by atoms with van der Waals surface area (Å²) in [6.45, 7) is 5.89. The fourth-order valence-electron chi connectivity index (χ4n) is 5.69. The van der Waals surface area contributed by atoms with Gasteiger partial charge in [0, 0.05) is 35.4 Å². The third-order valence-electron chi connectivity index (χ3n) is 8.02. The maximum Gasteiger partial charge on any atom is 0.416 e. The Morgan fingerprint density at radius 2 is 1.80 bits per heavy atom. The van der Waals surface area contributed by atoms with E-state index in [9.17, 15) is 27.9 Å². The van der Waals surface area contributed by atoms with E-state index in [4.69, 9.17) is 0 Å². The number of rotatable bonds is 10. The number of carbonyl (C=O) groups excluding carboxylic acids is 2. The maximum atomic E-state index is 13.6. The van der Waals surface area contributed by atoms with Crippen molar-refractivity contribution in [2.24, 2.45) is 0 Å². The lowest BCUT2D eigenvalue weighted by atomic mass is 9.96. The largest absolute Gasteiger partial charge is 0.416 e. The fraction of sp³-hybridized carbons (Fsp3) is 0.353. The first-order valence-corrected chi connectivity index (χ1v) is 15.9. The van der Waals surface area contributed by atoms with Crippen LogP contribution in [0.25, 0.3) is 0 Å². The van der Waals surface area contributed by atoms with Gasteiger partial charge in [0.25, 0.3) is 11.8 Å². The third-order valence-corrected chi connectivity index (χ3v) is 9.09. The fourth-order valence-corrected chi connectivity index (χ4v) is 6.64. The first-order chi connectivity index (χ1) is 21.9. The number of halogens is 3. The molecule has 4 aromatic rings. The van der Waals surface area contributed by atoms with Crippen molar-refractivity contribution in [1.29, 1.82) is 0 Å². The molecule has 1 saturated heterocycles. The average molecular weight is 652 g/mol. The second-order valence-electron chi connectivity index (χ2n) is 11.6. The van der Waals surface area contributed by atoms with Gasteiger partial charge in [-0.1, -0.05) is 48.5 Å². The summed E-state index contributed by atoms with van der Waals surface area (Å²) in [5.74, 6) is -0.770. The average Bonchev–Trinajstić information content (AvgIpc) is 3.69. The SMILES string of the molecule is Cc1cc(C(=O)NC(C)C(O)C(NCc2cccc(C(F)(F)F)c2)c2ccccc2)cc(C(=O)N2CCCC2c2nc(C)cs2)n1. The molecule has 8 nitrogen and oxygen atoms in total. The number of nitrogens with one attached hydrogen (secondary N) is 2. The van der Waals surface area contributed by atoms with Gasteiger partial charge in [-0.05, 0) is 62.9 Å². The van der Waals surface area contributed by atoms with Crippen molar-refractivity contribution in [2.75, 3.05) is 6.54 Å². The summed E-state index contributed by atoms with van der Waals surface area (Å²) < 4.78 is 39.8. The van der Waals surface area contributed by atoms with Crippen LogP contribution in [0.1, 0.15) is 85.8 Å². The number of aliphatic hydroxyl groups is 1. The predicted octanol–water partition coefficient (Wildman–Crippen LogP) is 6.16. The van der Waals surface area contributed by atoms with Gasteiger partial charge in [0.05, 0.1) is 29.8 Å². The third kappa shape index (κ3) is 7.80. The number of amides is 2. The molecular weight excluding hydrogens is 615 g/mol. The predicted molar refractivity (Wildman–Crippen MR) is 169 cm³/mol. The highest BCUT2D eigenvalue weighted by molar-refractivity contribution is 7.09. The number of pyridine rings is 1. The zero-order valence-electron chi connectivity index (χ0n) is 25.7. The van der Waals surface area contributed by atoms with Gasteiger partial charge in [-0.25, -0.2) is 9.97 Å². The second-order valence-corrected chi connectivity index (χ2v) is 12.5. The Morgan fingerprint density at radius 3 is 2.50 bits per heavy atom. The molecule has 2 amide bonds. The molecule has 2 aromatic heterocycles. The summed E-state index contributed by atoms with van der Waals surface area (Å²) >= 11 is 1.52. The lowest BCUT2D eigenvalue weighted by Gasteiger charge is -2.30. The lowest BCUT2D eigenvalue weighted by Crippen LogP contribution is -2.47. The van der Waals surface area contributed by atoms with E-state index in [1.165, 1.54) is 23.5 Å². The van der Waals surface area contributed by atoms with Gasteiger partial charge < -0.3 is 20.6 Å². The topological polar surface area (TPSA) is 107 Å². The standard InChI is InChI=1S/C34H36F3N5O3S/c1-20-15-25(17-27(39-20)33(45)42-14-8-13-28(42)32-40-21(2)19-46-32)31(44)41-22(3)30(43)29(24-10-5-4-6-11-24)38-18-23-9-7-12-26(16-23)34(35,36)37/h4-7,9-12,15-17,19,22,28-30,38,43H,8,13-14,18H2,1-3H3,(H,41,44). The van der Waals surface area contributed by atoms with Crippen LogP contribution in [0.4, 0.5) is 13.2 Å². The Hall–Kier alpha value is -4.13. The molecule has 5 rings (SSSR count). The molecule has 0 spiro atoms. The Bertz CT molecular complexity index is 1680. The smallest absolute Gasteiger partial charge is 0.389 e. The molecule has 46 heavy (non-hydrogen) atoms. The molecule has 4 unspecified atom stereocenters. The molecule has 0 aliphatic carbocycles. The summed E-state index contributed by atoms with van der Waals surface area (Å²) in [6.07, 6.45) is -3.99. The number of thiazole rings is 1. The summed E-state index contributed by atoms with van der Waals surface area (Å²) in [5.41, 5.74) is 2.12. The monoisotopic (exact) mass is 651 g/mol. The molecular formula is C34H36F3N5O3S. The summed E-state index contributed by atoms with van der Waals surface area (Å²) in [6, 6.07) is 15.4. The number of nitrogens with zero attached hydrogens (tertiary/aromatic N) is 3. The number of benzene rings is 2. The molecule has 242 valence electrons. The number of hydrogen-bond donors (Lipinski definition) is 3. The number of alkyl halides is 3. The maximum absolute atomic E-state index is 13.6. The highest BCUT2D eigenvalue weighted by atomic mass is 32.1. The van der Waals surface area contributed by atoms with Crippen LogP contribution in [0.3, 0.4) is 0 Å². The van der Waals surface area contributed by atoms with Gasteiger partial charge in [0.1, 0.15) is 10.7 Å². The first kappa shape index (κ1) is 33.2. The van der Waals surface area contributed by atoms with Crippen molar-refractivity contribution < 1.29 is 27.9 Å². The van der Waals surface area contributed by atoms with E-state index < -0.39 is 35.8 Å². The molecule has 0 radical (unpaired) electrons. The van der Waals surface area contributed by atoms with Gasteiger partial charge in [-0.2, -0.15) is 13.2 Å². The van der Waals surface area contributed by atoms with Gasteiger partial charge in [-0.3, -0.25) is 9.59 Å². The van der Waals surface area contributed by atoms with Crippen LogP contribution in [-0.4, -0.2) is 50.5 Å². The van der Waals surface area contributed by atoms with Gasteiger partial charge in [0.2, 0.25) is 0 Å². The molecule has 3 N–H and O–H groups in total. The zero-order chi connectivity index (χ0) is 33.0. The number of aryl methyl sites for hydroxylation is 2. The van der Waals surface area contributed by atoms with Gasteiger partial charge in [0.15, 0.2) is 0 Å². The number of carbonyl (C=O) groups is 2. The molecule has 12 heteroatoms. The highest BCUT2D eigenvalue weighted by Gasteiger charge is 2.34. The van der Waals surface area contributed by atoms with Crippen LogP contribution < -0.4 is 10.6 Å². The summed E-state index contributed by atoms with van der Waals surface area (Å²) in [4.78, 5) is 37.8. The van der Waals surface area contributed by atoms with E-state index in [2.05, 4.69) is 20.6 Å². The first-order valence-electron chi connectivity index (χ1n) is 15.1. The van der Waals surface area contributed by atoms with Gasteiger partial charge in [-0.15, -0.1) is 11.3 Å². The Labute approximate surface area is 269 Å². The molecule has 2 aromatic carbocycles. The van der Waals surface area contributed by atoms with Crippen molar-refractivity contribution >= 4 is 23.2 Å². The molecule has 4 atom stereocenters. The van der Waals surface area contributed by atoms with Crippen LogP contribution in [0.2, 0.25) is 0 Å². The number of aliphatic hydroxyl groups excluding tert-OH is 1. The normalized spacial score (nSPS) is 17.0.